The van der Waals surface area contributed by atoms with Crippen molar-refractivity contribution in [3.63, 3.8) is 0 Å². The molecule has 134 valence electrons. The monoisotopic (exact) mass is 335 g/mol. The smallest absolute Gasteiger partial charge is 0.236 e. The van der Waals surface area contributed by atoms with Gasteiger partial charge in [-0.15, -0.1) is 0 Å². The molecule has 0 aromatic heterocycles. The number of hydrogen-bond donors (Lipinski definition) is 2. The van der Waals surface area contributed by atoms with E-state index in [1.54, 1.807) is 0 Å². The SMILES string of the molecule is Cc1cccc(OCCNC(=O)C(C)NCC2CN(C)CCO2)c1. The number of ether oxygens (including phenoxy) is 2. The summed E-state index contributed by atoms with van der Waals surface area (Å²) in [6, 6.07) is 7.63. The topological polar surface area (TPSA) is 62.8 Å². The first-order chi connectivity index (χ1) is 11.5. The number of benzene rings is 1. The van der Waals surface area contributed by atoms with E-state index in [0.29, 0.717) is 19.7 Å². The zero-order chi connectivity index (χ0) is 17.4. The summed E-state index contributed by atoms with van der Waals surface area (Å²) < 4.78 is 11.3. The summed E-state index contributed by atoms with van der Waals surface area (Å²) in [6.45, 7) is 8.12. The lowest BCUT2D eigenvalue weighted by Gasteiger charge is -2.30. The molecule has 0 aliphatic carbocycles. The van der Waals surface area contributed by atoms with E-state index in [2.05, 4.69) is 22.6 Å². The Morgan fingerprint density at radius 2 is 2.33 bits per heavy atom. The summed E-state index contributed by atoms with van der Waals surface area (Å²) >= 11 is 0. The standard InChI is InChI=1S/C18H29N3O3/c1-14-5-4-6-16(11-14)23-9-7-19-18(22)15(2)20-12-17-13-21(3)8-10-24-17/h4-6,11,15,17,20H,7-10,12-13H2,1-3H3,(H,19,22). The number of carbonyl (C=O) groups is 1. The number of aryl methyl sites for hydroxylation is 1. The van der Waals surface area contributed by atoms with Crippen molar-refractivity contribution in [2.24, 2.45) is 0 Å². The van der Waals surface area contributed by atoms with E-state index in [4.69, 9.17) is 9.47 Å². The van der Waals surface area contributed by atoms with Crippen molar-refractivity contribution in [2.45, 2.75) is 26.0 Å². The van der Waals surface area contributed by atoms with E-state index < -0.39 is 0 Å². The second kappa shape index (κ2) is 9.61. The average Bonchev–Trinajstić information content (AvgIpc) is 2.56. The van der Waals surface area contributed by atoms with Crippen molar-refractivity contribution in [3.05, 3.63) is 29.8 Å². The van der Waals surface area contributed by atoms with Crippen LogP contribution < -0.4 is 15.4 Å². The molecule has 6 heteroatoms. The van der Waals surface area contributed by atoms with Crippen LogP contribution >= 0.6 is 0 Å². The van der Waals surface area contributed by atoms with Gasteiger partial charge in [0.15, 0.2) is 0 Å². The Morgan fingerprint density at radius 3 is 3.08 bits per heavy atom. The summed E-state index contributed by atoms with van der Waals surface area (Å²) in [5.74, 6) is 0.806. The third-order valence-electron chi connectivity index (χ3n) is 4.05. The molecule has 2 rings (SSSR count). The van der Waals surface area contributed by atoms with Crippen LogP contribution in [0.2, 0.25) is 0 Å². The molecule has 2 N–H and O–H groups in total. The van der Waals surface area contributed by atoms with Crippen LogP contribution in [0.5, 0.6) is 5.75 Å². The number of nitrogens with zero attached hydrogens (tertiary/aromatic N) is 1. The van der Waals surface area contributed by atoms with Gasteiger partial charge in [-0.05, 0) is 38.6 Å². The molecule has 1 aliphatic rings. The third-order valence-corrected chi connectivity index (χ3v) is 4.05. The first-order valence-corrected chi connectivity index (χ1v) is 8.55. The van der Waals surface area contributed by atoms with Crippen LogP contribution in [0.25, 0.3) is 0 Å². The van der Waals surface area contributed by atoms with E-state index in [9.17, 15) is 4.79 Å². The maximum atomic E-state index is 12.1. The zero-order valence-corrected chi connectivity index (χ0v) is 14.9. The quantitative estimate of drug-likeness (QED) is 0.688. The van der Waals surface area contributed by atoms with Gasteiger partial charge in [-0.2, -0.15) is 0 Å². The zero-order valence-electron chi connectivity index (χ0n) is 14.9. The van der Waals surface area contributed by atoms with Gasteiger partial charge in [0.1, 0.15) is 12.4 Å². The Morgan fingerprint density at radius 1 is 1.50 bits per heavy atom. The van der Waals surface area contributed by atoms with Crippen LogP contribution in [0, 0.1) is 6.92 Å². The summed E-state index contributed by atoms with van der Waals surface area (Å²) in [5.41, 5.74) is 1.16. The lowest BCUT2D eigenvalue weighted by molar-refractivity contribution is -0.123. The van der Waals surface area contributed by atoms with E-state index >= 15 is 0 Å². The van der Waals surface area contributed by atoms with Gasteiger partial charge >= 0.3 is 0 Å². The predicted octanol–water partition coefficient (Wildman–Crippen LogP) is 0.799. The van der Waals surface area contributed by atoms with Crippen molar-refractivity contribution >= 4 is 5.91 Å². The average molecular weight is 335 g/mol. The number of carbonyl (C=O) groups excluding carboxylic acids is 1. The van der Waals surface area contributed by atoms with Crippen LogP contribution in [0.4, 0.5) is 0 Å². The third kappa shape index (κ3) is 6.47. The highest BCUT2D eigenvalue weighted by Gasteiger charge is 2.19. The van der Waals surface area contributed by atoms with E-state index in [-0.39, 0.29) is 18.1 Å². The maximum absolute atomic E-state index is 12.1. The van der Waals surface area contributed by atoms with Gasteiger partial charge in [0.25, 0.3) is 0 Å². The summed E-state index contributed by atoms with van der Waals surface area (Å²) in [4.78, 5) is 14.3. The lowest BCUT2D eigenvalue weighted by Crippen LogP contribution is -2.50. The fourth-order valence-corrected chi connectivity index (χ4v) is 2.59. The fourth-order valence-electron chi connectivity index (χ4n) is 2.59. The predicted molar refractivity (Wildman–Crippen MR) is 94.4 cm³/mol. The maximum Gasteiger partial charge on any atom is 0.236 e. The molecule has 1 aliphatic heterocycles. The molecule has 2 unspecified atom stereocenters. The molecule has 1 fully saturated rings. The van der Waals surface area contributed by atoms with Crippen LogP contribution in [0.15, 0.2) is 24.3 Å². The van der Waals surface area contributed by atoms with E-state index in [0.717, 1.165) is 31.0 Å². The van der Waals surface area contributed by atoms with Crippen LogP contribution in [-0.4, -0.2) is 69.4 Å². The number of amides is 1. The van der Waals surface area contributed by atoms with E-state index in [1.165, 1.54) is 0 Å². The van der Waals surface area contributed by atoms with Crippen LogP contribution in [0.3, 0.4) is 0 Å². The van der Waals surface area contributed by atoms with Gasteiger partial charge in [-0.25, -0.2) is 0 Å². The first-order valence-electron chi connectivity index (χ1n) is 8.55. The highest BCUT2D eigenvalue weighted by Crippen LogP contribution is 2.11. The molecular weight excluding hydrogens is 306 g/mol. The van der Waals surface area contributed by atoms with Crippen molar-refractivity contribution in [3.8, 4) is 5.75 Å². The number of nitrogens with one attached hydrogen (secondary N) is 2. The highest BCUT2D eigenvalue weighted by molar-refractivity contribution is 5.81. The minimum atomic E-state index is -0.250. The number of rotatable bonds is 8. The first kappa shape index (κ1) is 18.7. The molecule has 1 saturated heterocycles. The highest BCUT2D eigenvalue weighted by atomic mass is 16.5. The molecule has 1 aromatic rings. The Kier molecular flexibility index (Phi) is 7.49. The molecule has 6 nitrogen and oxygen atoms in total. The minimum absolute atomic E-state index is 0.0213. The van der Waals surface area contributed by atoms with Gasteiger partial charge in [0.2, 0.25) is 5.91 Å². The Bertz CT molecular complexity index is 524. The Hall–Kier alpha value is -1.63. The van der Waals surface area contributed by atoms with Gasteiger partial charge < -0.3 is 25.0 Å². The van der Waals surface area contributed by atoms with E-state index in [1.807, 2.05) is 38.1 Å². The van der Waals surface area contributed by atoms with Crippen molar-refractivity contribution < 1.29 is 14.3 Å². The molecule has 0 saturated carbocycles. The molecule has 2 atom stereocenters. The summed E-state index contributed by atoms with van der Waals surface area (Å²) in [5, 5.41) is 6.12. The number of morpholine rings is 1. The summed E-state index contributed by atoms with van der Waals surface area (Å²) in [6.07, 6.45) is 0.142. The van der Waals surface area contributed by atoms with Crippen LogP contribution in [-0.2, 0) is 9.53 Å². The van der Waals surface area contributed by atoms with Crippen molar-refractivity contribution in [1.82, 2.24) is 15.5 Å². The Balaban J connectivity index is 1.59. The largest absolute Gasteiger partial charge is 0.492 e. The van der Waals surface area contributed by atoms with Gasteiger partial charge in [0, 0.05) is 19.6 Å². The van der Waals surface area contributed by atoms with Gasteiger partial charge in [0.05, 0.1) is 25.3 Å². The minimum Gasteiger partial charge on any atom is -0.492 e. The van der Waals surface area contributed by atoms with Crippen molar-refractivity contribution in [2.75, 3.05) is 46.4 Å². The molecular formula is C18H29N3O3. The Labute approximate surface area is 144 Å². The molecule has 0 radical (unpaired) electrons. The summed E-state index contributed by atoms with van der Waals surface area (Å²) in [7, 11) is 2.08. The normalized spacial score (nSPS) is 19.7. The van der Waals surface area contributed by atoms with Crippen LogP contribution in [0.1, 0.15) is 12.5 Å². The molecule has 1 amide bonds. The van der Waals surface area contributed by atoms with Gasteiger partial charge in [-0.1, -0.05) is 12.1 Å². The van der Waals surface area contributed by atoms with Gasteiger partial charge in [-0.3, -0.25) is 4.79 Å². The molecule has 1 heterocycles. The fraction of sp³-hybridized carbons (Fsp3) is 0.611. The molecule has 0 bridgehead atoms. The molecule has 24 heavy (non-hydrogen) atoms. The second-order valence-electron chi connectivity index (χ2n) is 6.34. The number of hydrogen-bond acceptors (Lipinski definition) is 5. The molecule has 1 aromatic carbocycles. The second-order valence-corrected chi connectivity index (χ2v) is 6.34. The lowest BCUT2D eigenvalue weighted by atomic mass is 10.2. The number of likely N-dealkylation sites (N-methyl/N-ethyl adjacent to an activating group) is 1. The molecule has 0 spiro atoms. The van der Waals surface area contributed by atoms with Crippen molar-refractivity contribution in [1.29, 1.82) is 0 Å².